The summed E-state index contributed by atoms with van der Waals surface area (Å²) in [6.07, 6.45) is 31.2. The van der Waals surface area contributed by atoms with Crippen LogP contribution in [-0.4, -0.2) is 35.6 Å². The topological polar surface area (TPSA) is 0 Å². The number of hydrogen-bond donors (Lipinski definition) is 0. The Bertz CT molecular complexity index is 200. The standard InChI is InChI=1S/C24H51P.Cd.H2Se/c1-4-7-10-13-16-19-22-25(23-20-17-14-11-8-5-2)24-21-18-15-12-9-6-3;;/h4-24H2,1-3H3;;1H2. The molecule has 0 saturated heterocycles. The Morgan fingerprint density at radius 1 is 0.370 bits per heavy atom. The monoisotopic (exact) mass is 566 g/mol. The third kappa shape index (κ3) is 27.9. The predicted molar refractivity (Wildman–Crippen MR) is 130 cm³/mol. The fourth-order valence-electron chi connectivity index (χ4n) is 3.68. The van der Waals surface area contributed by atoms with Gasteiger partial charge in [0.1, 0.15) is 0 Å². The van der Waals surface area contributed by atoms with E-state index in [1.165, 1.54) is 116 Å². The molecule has 0 saturated carbocycles. The molecule has 0 aromatic rings. The van der Waals surface area contributed by atoms with Gasteiger partial charge in [0, 0.05) is 27.3 Å². The van der Waals surface area contributed by atoms with Crippen molar-refractivity contribution in [2.45, 2.75) is 136 Å². The summed E-state index contributed by atoms with van der Waals surface area (Å²) in [5.41, 5.74) is 0. The van der Waals surface area contributed by atoms with Crippen LogP contribution in [0.3, 0.4) is 0 Å². The molecule has 3 heteroatoms. The Morgan fingerprint density at radius 2 is 0.593 bits per heavy atom. The molecule has 0 aliphatic carbocycles. The van der Waals surface area contributed by atoms with E-state index in [2.05, 4.69) is 20.8 Å². The molecule has 0 aliphatic rings. The van der Waals surface area contributed by atoms with Gasteiger partial charge in [-0.25, -0.2) is 0 Å². The van der Waals surface area contributed by atoms with Gasteiger partial charge >= 0.3 is 17.1 Å². The first-order valence-corrected chi connectivity index (χ1v) is 14.0. The van der Waals surface area contributed by atoms with Gasteiger partial charge in [0.15, 0.2) is 0 Å². The molecule has 0 spiro atoms. The average molecular weight is 564 g/mol. The van der Waals surface area contributed by atoms with Gasteiger partial charge < -0.3 is 0 Å². The van der Waals surface area contributed by atoms with Gasteiger partial charge in [-0.1, -0.05) is 117 Å². The van der Waals surface area contributed by atoms with E-state index >= 15 is 0 Å². The minimum atomic E-state index is 0. The summed E-state index contributed by atoms with van der Waals surface area (Å²) in [7, 11) is 0.366. The van der Waals surface area contributed by atoms with Gasteiger partial charge in [0.05, 0.1) is 0 Å². The van der Waals surface area contributed by atoms with E-state index < -0.39 is 0 Å². The van der Waals surface area contributed by atoms with Crippen molar-refractivity contribution in [3.63, 3.8) is 0 Å². The molecule has 0 amide bonds. The first-order valence-electron chi connectivity index (χ1n) is 12.1. The fraction of sp³-hybridized carbons (Fsp3) is 1.00. The second-order valence-electron chi connectivity index (χ2n) is 8.14. The molecule has 0 heterocycles. The summed E-state index contributed by atoms with van der Waals surface area (Å²) < 4.78 is 0. The molecule has 0 bridgehead atoms. The van der Waals surface area contributed by atoms with Crippen LogP contribution in [0.15, 0.2) is 0 Å². The van der Waals surface area contributed by atoms with Crippen molar-refractivity contribution in [3.8, 4) is 0 Å². The van der Waals surface area contributed by atoms with Crippen LogP contribution in [0, 0.1) is 0 Å². The molecular weight excluding hydrogens is 511 g/mol. The van der Waals surface area contributed by atoms with E-state index in [1.54, 1.807) is 18.5 Å². The van der Waals surface area contributed by atoms with Crippen molar-refractivity contribution in [2.75, 3.05) is 18.5 Å². The molecule has 0 aromatic carbocycles. The van der Waals surface area contributed by atoms with Gasteiger partial charge in [0.25, 0.3) is 0 Å². The van der Waals surface area contributed by atoms with Crippen LogP contribution < -0.4 is 0 Å². The number of hydrogen-bond acceptors (Lipinski definition) is 0. The van der Waals surface area contributed by atoms with Crippen LogP contribution in [0.4, 0.5) is 0 Å². The molecule has 0 atom stereocenters. The SMILES string of the molecule is CCCCCCCCP(CCCCCCCC)CCCCCCCC.[Cd].[SeH2]. The second-order valence-corrected chi connectivity index (χ2v) is 10.8. The van der Waals surface area contributed by atoms with Crippen molar-refractivity contribution in [1.82, 2.24) is 0 Å². The number of unbranched alkanes of at least 4 members (excludes halogenated alkanes) is 15. The molecular formula is C24H53CdPSe. The van der Waals surface area contributed by atoms with Crippen LogP contribution >= 0.6 is 7.92 Å². The summed E-state index contributed by atoms with van der Waals surface area (Å²) in [6, 6.07) is 0. The van der Waals surface area contributed by atoms with Crippen molar-refractivity contribution in [2.24, 2.45) is 0 Å². The van der Waals surface area contributed by atoms with Gasteiger partial charge in [0.2, 0.25) is 0 Å². The summed E-state index contributed by atoms with van der Waals surface area (Å²) in [5, 5.41) is 0. The van der Waals surface area contributed by atoms with Crippen LogP contribution in [0.2, 0.25) is 0 Å². The van der Waals surface area contributed by atoms with Crippen molar-refractivity contribution >= 4 is 25.0 Å². The van der Waals surface area contributed by atoms with E-state index in [1.807, 2.05) is 0 Å². The van der Waals surface area contributed by atoms with Crippen molar-refractivity contribution in [1.29, 1.82) is 0 Å². The maximum absolute atomic E-state index is 2.32. The van der Waals surface area contributed by atoms with Gasteiger partial charge in [-0.15, -0.1) is 7.92 Å². The van der Waals surface area contributed by atoms with Crippen LogP contribution in [-0.2, 0) is 27.3 Å². The summed E-state index contributed by atoms with van der Waals surface area (Å²) in [6.45, 7) is 6.96. The maximum atomic E-state index is 2.32. The van der Waals surface area contributed by atoms with Crippen molar-refractivity contribution in [3.05, 3.63) is 0 Å². The second kappa shape index (κ2) is 30.1. The van der Waals surface area contributed by atoms with E-state index in [-0.39, 0.29) is 44.4 Å². The zero-order valence-electron chi connectivity index (χ0n) is 19.5. The Balaban J connectivity index is -0.00000288. The molecule has 162 valence electrons. The molecule has 0 unspecified atom stereocenters. The molecule has 0 aromatic heterocycles. The van der Waals surface area contributed by atoms with E-state index in [0.717, 1.165) is 0 Å². The molecule has 0 radical (unpaired) electrons. The third-order valence-electron chi connectivity index (χ3n) is 5.48. The van der Waals surface area contributed by atoms with Gasteiger partial charge in [-0.05, 0) is 37.7 Å². The predicted octanol–water partition coefficient (Wildman–Crippen LogP) is 8.63. The summed E-state index contributed by atoms with van der Waals surface area (Å²) in [5.74, 6) is 0. The van der Waals surface area contributed by atoms with Crippen molar-refractivity contribution < 1.29 is 27.3 Å². The zero-order chi connectivity index (χ0) is 18.4. The Hall–Kier alpha value is 1.87. The molecule has 0 nitrogen and oxygen atoms in total. The third-order valence-corrected chi connectivity index (χ3v) is 8.33. The average Bonchev–Trinajstić information content (AvgIpc) is 2.63. The summed E-state index contributed by atoms with van der Waals surface area (Å²) in [4.78, 5) is 0. The van der Waals surface area contributed by atoms with Gasteiger partial charge in [-0.2, -0.15) is 0 Å². The van der Waals surface area contributed by atoms with Crippen LogP contribution in [0.1, 0.15) is 136 Å². The zero-order valence-corrected chi connectivity index (χ0v) is 26.5. The van der Waals surface area contributed by atoms with Gasteiger partial charge in [-0.3, -0.25) is 0 Å². The van der Waals surface area contributed by atoms with Crippen LogP contribution in [0.5, 0.6) is 0 Å². The summed E-state index contributed by atoms with van der Waals surface area (Å²) >= 11 is 0. The van der Waals surface area contributed by atoms with E-state index in [9.17, 15) is 0 Å². The first-order chi connectivity index (χ1) is 12.3. The number of rotatable bonds is 21. The molecule has 0 fully saturated rings. The Morgan fingerprint density at radius 3 is 0.852 bits per heavy atom. The van der Waals surface area contributed by atoms with E-state index in [4.69, 9.17) is 0 Å². The Labute approximate surface area is 206 Å². The van der Waals surface area contributed by atoms with E-state index in [0.29, 0.717) is 7.92 Å². The Kier molecular flexibility index (Phi) is 37.3. The quantitative estimate of drug-likeness (QED) is 0.0745. The molecule has 0 aliphatic heterocycles. The molecule has 0 rings (SSSR count). The minimum absolute atomic E-state index is 0. The fourth-order valence-corrected chi connectivity index (χ4v) is 6.37. The molecule has 27 heavy (non-hydrogen) atoms. The van der Waals surface area contributed by atoms with Crippen LogP contribution in [0.25, 0.3) is 0 Å². The normalized spacial score (nSPS) is 10.7. The molecule has 0 N–H and O–H groups in total. The first kappa shape index (κ1) is 33.5.